The second-order valence-corrected chi connectivity index (χ2v) is 9.22. The highest BCUT2D eigenvalue weighted by atomic mass is 32.2. The molecule has 1 saturated heterocycles. The second-order valence-electron chi connectivity index (χ2n) is 7.28. The lowest BCUT2D eigenvalue weighted by atomic mass is 9.99. The maximum absolute atomic E-state index is 13.2. The molecule has 150 valence electrons. The Morgan fingerprint density at radius 2 is 1.83 bits per heavy atom. The molecule has 4 rings (SSSR count). The Morgan fingerprint density at radius 3 is 2.62 bits per heavy atom. The Morgan fingerprint density at radius 1 is 1.07 bits per heavy atom. The molecule has 1 unspecified atom stereocenters. The van der Waals surface area contributed by atoms with Crippen molar-refractivity contribution in [3.63, 3.8) is 0 Å². The van der Waals surface area contributed by atoms with Gasteiger partial charge in [0.15, 0.2) is 0 Å². The summed E-state index contributed by atoms with van der Waals surface area (Å²) in [5.41, 5.74) is 0.963. The predicted molar refractivity (Wildman–Crippen MR) is 112 cm³/mol. The number of hydrogen-bond donors (Lipinski definition) is 1. The molecule has 0 saturated carbocycles. The molecule has 1 atom stereocenters. The fourth-order valence-electron chi connectivity index (χ4n) is 3.69. The molecule has 1 N–H and O–H groups in total. The Kier molecular flexibility index (Phi) is 5.60. The van der Waals surface area contributed by atoms with E-state index in [2.05, 4.69) is 10.3 Å². The number of nitrogens with one attached hydrogen (secondary N) is 1. The molecule has 0 bridgehead atoms. The van der Waals surface area contributed by atoms with Crippen molar-refractivity contribution in [3.05, 3.63) is 72.6 Å². The van der Waals surface area contributed by atoms with E-state index in [1.54, 1.807) is 24.5 Å². The Labute approximate surface area is 170 Å². The predicted octanol–water partition coefficient (Wildman–Crippen LogP) is 2.95. The number of rotatable bonds is 5. The van der Waals surface area contributed by atoms with Crippen LogP contribution in [-0.4, -0.2) is 36.7 Å². The number of hydrogen-bond acceptors (Lipinski definition) is 4. The van der Waals surface area contributed by atoms with E-state index in [-0.39, 0.29) is 23.3 Å². The molecule has 0 aliphatic carbocycles. The summed E-state index contributed by atoms with van der Waals surface area (Å²) in [7, 11) is -3.64. The smallest absolute Gasteiger partial charge is 0.243 e. The fraction of sp³-hybridized carbons (Fsp3) is 0.273. The van der Waals surface area contributed by atoms with Gasteiger partial charge in [-0.15, -0.1) is 0 Å². The molecule has 29 heavy (non-hydrogen) atoms. The lowest BCUT2D eigenvalue weighted by Crippen LogP contribution is -2.45. The summed E-state index contributed by atoms with van der Waals surface area (Å²) >= 11 is 0. The number of nitrogens with zero attached hydrogens (tertiary/aromatic N) is 2. The molecule has 2 heterocycles. The van der Waals surface area contributed by atoms with Gasteiger partial charge in [0, 0.05) is 32.0 Å². The molecule has 0 radical (unpaired) electrons. The first-order chi connectivity index (χ1) is 14.0. The van der Waals surface area contributed by atoms with Crippen molar-refractivity contribution in [3.8, 4) is 0 Å². The zero-order chi connectivity index (χ0) is 20.3. The summed E-state index contributed by atoms with van der Waals surface area (Å²) in [6.07, 6.45) is 4.71. The number of fused-ring (bicyclic) bond motifs is 1. The highest BCUT2D eigenvalue weighted by molar-refractivity contribution is 7.89. The summed E-state index contributed by atoms with van der Waals surface area (Å²) in [4.78, 5) is 16.8. The monoisotopic (exact) mass is 409 g/mol. The SMILES string of the molecule is O=C(NCc1ccncc1)C1CCCN(S(=O)(=O)c2ccc3ccccc3c2)C1. The lowest BCUT2D eigenvalue weighted by molar-refractivity contribution is -0.126. The molecule has 1 aliphatic heterocycles. The van der Waals surface area contributed by atoms with E-state index < -0.39 is 10.0 Å². The van der Waals surface area contributed by atoms with Crippen LogP contribution in [0.2, 0.25) is 0 Å². The van der Waals surface area contributed by atoms with Crippen molar-refractivity contribution in [2.24, 2.45) is 5.92 Å². The van der Waals surface area contributed by atoms with E-state index >= 15 is 0 Å². The Bertz CT molecular complexity index is 1120. The van der Waals surface area contributed by atoms with Crippen LogP contribution in [0.4, 0.5) is 0 Å². The zero-order valence-electron chi connectivity index (χ0n) is 16.0. The molecular weight excluding hydrogens is 386 g/mol. The third-order valence-electron chi connectivity index (χ3n) is 5.33. The van der Waals surface area contributed by atoms with Crippen LogP contribution in [0.25, 0.3) is 10.8 Å². The van der Waals surface area contributed by atoms with Crippen molar-refractivity contribution in [1.29, 1.82) is 0 Å². The number of aromatic nitrogens is 1. The van der Waals surface area contributed by atoms with Gasteiger partial charge in [0.25, 0.3) is 0 Å². The van der Waals surface area contributed by atoms with Crippen LogP contribution in [-0.2, 0) is 21.4 Å². The minimum Gasteiger partial charge on any atom is -0.352 e. The minimum absolute atomic E-state index is 0.111. The fourth-order valence-corrected chi connectivity index (χ4v) is 5.25. The maximum Gasteiger partial charge on any atom is 0.243 e. The van der Waals surface area contributed by atoms with Crippen molar-refractivity contribution in [2.45, 2.75) is 24.3 Å². The topological polar surface area (TPSA) is 79.4 Å². The van der Waals surface area contributed by atoms with Crippen LogP contribution >= 0.6 is 0 Å². The average Bonchev–Trinajstić information content (AvgIpc) is 2.78. The summed E-state index contributed by atoms with van der Waals surface area (Å²) in [5, 5.41) is 4.80. The van der Waals surface area contributed by atoms with Gasteiger partial charge in [-0.1, -0.05) is 30.3 Å². The van der Waals surface area contributed by atoms with Gasteiger partial charge in [-0.25, -0.2) is 8.42 Å². The van der Waals surface area contributed by atoms with E-state index in [1.165, 1.54) is 4.31 Å². The number of pyridine rings is 1. The Balaban J connectivity index is 1.47. The number of carbonyl (C=O) groups is 1. The van der Waals surface area contributed by atoms with Crippen LogP contribution in [0.15, 0.2) is 71.9 Å². The highest BCUT2D eigenvalue weighted by Gasteiger charge is 2.33. The number of benzene rings is 2. The third-order valence-corrected chi connectivity index (χ3v) is 7.19. The van der Waals surface area contributed by atoms with Gasteiger partial charge in [0.1, 0.15) is 0 Å². The minimum atomic E-state index is -3.64. The van der Waals surface area contributed by atoms with Crippen molar-refractivity contribution in [2.75, 3.05) is 13.1 Å². The molecule has 0 spiro atoms. The molecule has 6 nitrogen and oxygen atoms in total. The third kappa shape index (κ3) is 4.31. The zero-order valence-corrected chi connectivity index (χ0v) is 16.8. The quantitative estimate of drug-likeness (QED) is 0.703. The molecule has 1 aliphatic rings. The summed E-state index contributed by atoms with van der Waals surface area (Å²) in [6, 6.07) is 16.5. The first-order valence-electron chi connectivity index (χ1n) is 9.69. The molecule has 2 aromatic carbocycles. The highest BCUT2D eigenvalue weighted by Crippen LogP contribution is 2.26. The van der Waals surface area contributed by atoms with Gasteiger partial charge >= 0.3 is 0 Å². The summed E-state index contributed by atoms with van der Waals surface area (Å²) in [5.74, 6) is -0.457. The van der Waals surface area contributed by atoms with E-state index in [0.717, 1.165) is 16.3 Å². The summed E-state index contributed by atoms with van der Waals surface area (Å²) < 4.78 is 27.8. The van der Waals surface area contributed by atoms with Crippen molar-refractivity contribution in [1.82, 2.24) is 14.6 Å². The van der Waals surface area contributed by atoms with Crippen LogP contribution in [0.3, 0.4) is 0 Å². The first-order valence-corrected chi connectivity index (χ1v) is 11.1. The molecule has 1 aromatic heterocycles. The van der Waals surface area contributed by atoms with Gasteiger partial charge in [0.05, 0.1) is 10.8 Å². The molecule has 7 heteroatoms. The van der Waals surface area contributed by atoms with Crippen LogP contribution < -0.4 is 5.32 Å². The largest absolute Gasteiger partial charge is 0.352 e. The average molecular weight is 410 g/mol. The molecule has 1 fully saturated rings. The standard InChI is InChI=1S/C22H23N3O3S/c26-22(24-15-17-9-11-23-12-10-17)20-6-3-13-25(16-20)29(27,28)21-8-7-18-4-1-2-5-19(18)14-21/h1-2,4-5,7-12,14,20H,3,6,13,15-16H2,(H,24,26). The van der Waals surface area contributed by atoms with Crippen molar-refractivity contribution >= 4 is 26.7 Å². The summed E-state index contributed by atoms with van der Waals surface area (Å²) in [6.45, 7) is 1.05. The van der Waals surface area contributed by atoms with Crippen molar-refractivity contribution < 1.29 is 13.2 Å². The van der Waals surface area contributed by atoms with E-state index in [1.807, 2.05) is 42.5 Å². The van der Waals surface area contributed by atoms with E-state index in [4.69, 9.17) is 0 Å². The van der Waals surface area contributed by atoms with Crippen LogP contribution in [0.1, 0.15) is 18.4 Å². The molecule has 3 aromatic rings. The lowest BCUT2D eigenvalue weighted by Gasteiger charge is -2.31. The molecule has 1 amide bonds. The Hall–Kier alpha value is -2.77. The normalized spacial score (nSPS) is 17.9. The van der Waals surface area contributed by atoms with Gasteiger partial charge in [-0.3, -0.25) is 9.78 Å². The number of amides is 1. The van der Waals surface area contributed by atoms with Gasteiger partial charge in [-0.2, -0.15) is 4.31 Å². The van der Waals surface area contributed by atoms with Gasteiger partial charge in [-0.05, 0) is 53.4 Å². The van der Waals surface area contributed by atoms with E-state index in [9.17, 15) is 13.2 Å². The van der Waals surface area contributed by atoms with E-state index in [0.29, 0.717) is 25.9 Å². The molecular formula is C22H23N3O3S. The van der Waals surface area contributed by atoms with Gasteiger partial charge in [0.2, 0.25) is 15.9 Å². The number of carbonyl (C=O) groups excluding carboxylic acids is 1. The van der Waals surface area contributed by atoms with Crippen LogP contribution in [0.5, 0.6) is 0 Å². The first kappa shape index (κ1) is 19.5. The maximum atomic E-state index is 13.2. The van der Waals surface area contributed by atoms with Gasteiger partial charge < -0.3 is 5.32 Å². The number of sulfonamides is 1. The second kappa shape index (κ2) is 8.31. The van der Waals surface area contributed by atoms with Crippen LogP contribution in [0, 0.1) is 5.92 Å². The number of piperidine rings is 1.